The average molecular weight is 430 g/mol. The van der Waals surface area contributed by atoms with E-state index in [1.54, 1.807) is 0 Å². The van der Waals surface area contributed by atoms with Crippen LogP contribution in [-0.2, 0) is 0 Å². The highest BCUT2D eigenvalue weighted by atomic mass is 32.2. The molecular weight excluding hydrogens is 413 g/mol. The molecule has 2 aromatic carbocycles. The molecule has 2 N–H and O–H groups in total. The molecule has 2 aromatic rings. The summed E-state index contributed by atoms with van der Waals surface area (Å²) in [4.78, 5) is 24.4. The lowest BCUT2D eigenvalue weighted by Gasteiger charge is -2.14. The largest absolute Gasteiger partial charge is 0.493 e. The molecular formula is C18H17F3N2O5S. The number of hydrogen-bond acceptors (Lipinski definition) is 6. The Morgan fingerprint density at radius 2 is 1.31 bits per heavy atom. The van der Waals surface area contributed by atoms with Crippen molar-refractivity contribution in [1.82, 2.24) is 10.9 Å². The Bertz CT molecular complexity index is 863. The van der Waals surface area contributed by atoms with Gasteiger partial charge in [-0.2, -0.15) is 13.2 Å². The zero-order valence-corrected chi connectivity index (χ0v) is 16.4. The Balaban J connectivity index is 2.06. The molecule has 0 radical (unpaired) electrons. The van der Waals surface area contributed by atoms with Crippen molar-refractivity contribution in [1.29, 1.82) is 0 Å². The number of methoxy groups -OCH3 is 3. The normalized spacial score (nSPS) is 10.8. The highest BCUT2D eigenvalue weighted by Gasteiger charge is 2.29. The summed E-state index contributed by atoms with van der Waals surface area (Å²) in [5.74, 6) is -0.564. The summed E-state index contributed by atoms with van der Waals surface area (Å²) in [7, 11) is 4.20. The van der Waals surface area contributed by atoms with Crippen molar-refractivity contribution in [3.8, 4) is 17.2 Å². The van der Waals surface area contributed by atoms with E-state index >= 15 is 0 Å². The molecule has 0 aliphatic carbocycles. The average Bonchev–Trinajstić information content (AvgIpc) is 2.69. The molecule has 0 aromatic heterocycles. The van der Waals surface area contributed by atoms with Crippen LogP contribution in [0.15, 0.2) is 41.3 Å². The SMILES string of the molecule is COc1cc(C(=O)NNC(=O)c2ccc(SC(F)(F)F)cc2)cc(OC)c1OC. The number of hydrogen-bond donors (Lipinski definition) is 2. The van der Waals surface area contributed by atoms with Crippen LogP contribution in [0.5, 0.6) is 17.2 Å². The molecule has 7 nitrogen and oxygen atoms in total. The van der Waals surface area contributed by atoms with Crippen molar-refractivity contribution in [2.45, 2.75) is 10.4 Å². The molecule has 0 heterocycles. The molecule has 0 saturated carbocycles. The van der Waals surface area contributed by atoms with E-state index in [4.69, 9.17) is 14.2 Å². The third kappa shape index (κ3) is 5.95. The van der Waals surface area contributed by atoms with Gasteiger partial charge >= 0.3 is 5.51 Å². The number of carbonyl (C=O) groups is 2. The van der Waals surface area contributed by atoms with Gasteiger partial charge in [-0.1, -0.05) is 0 Å². The van der Waals surface area contributed by atoms with Crippen LogP contribution in [0, 0.1) is 0 Å². The molecule has 11 heteroatoms. The van der Waals surface area contributed by atoms with Gasteiger partial charge in [0.05, 0.1) is 21.3 Å². The van der Waals surface area contributed by atoms with Crippen molar-refractivity contribution >= 4 is 23.6 Å². The quantitative estimate of drug-likeness (QED) is 0.540. The number of ether oxygens (including phenoxy) is 3. The van der Waals surface area contributed by atoms with Gasteiger partial charge < -0.3 is 14.2 Å². The van der Waals surface area contributed by atoms with Crippen LogP contribution < -0.4 is 25.1 Å². The fourth-order valence-corrected chi connectivity index (χ4v) is 2.82. The first-order chi connectivity index (χ1) is 13.7. The van der Waals surface area contributed by atoms with E-state index in [0.717, 1.165) is 12.1 Å². The van der Waals surface area contributed by atoms with E-state index in [1.165, 1.54) is 45.6 Å². The Labute approximate surface area is 168 Å². The van der Waals surface area contributed by atoms with Crippen LogP contribution in [0.1, 0.15) is 20.7 Å². The molecule has 29 heavy (non-hydrogen) atoms. The first kappa shape index (κ1) is 22.2. The van der Waals surface area contributed by atoms with Gasteiger partial charge in [0, 0.05) is 16.0 Å². The molecule has 2 rings (SSSR count). The van der Waals surface area contributed by atoms with Gasteiger partial charge in [-0.25, -0.2) is 0 Å². The van der Waals surface area contributed by atoms with Crippen LogP contribution >= 0.6 is 11.8 Å². The summed E-state index contributed by atoms with van der Waals surface area (Å²) >= 11 is -0.289. The number of hydrazine groups is 1. The Kier molecular flexibility index (Phi) is 7.21. The van der Waals surface area contributed by atoms with Crippen molar-refractivity contribution in [3.05, 3.63) is 47.5 Å². The topological polar surface area (TPSA) is 85.9 Å². The second kappa shape index (κ2) is 9.41. The van der Waals surface area contributed by atoms with Crippen LogP contribution in [0.4, 0.5) is 13.2 Å². The second-order valence-corrected chi connectivity index (χ2v) is 6.53. The van der Waals surface area contributed by atoms with E-state index in [2.05, 4.69) is 10.9 Å². The first-order valence-corrected chi connectivity index (χ1v) is 8.76. The molecule has 0 aliphatic heterocycles. The number of nitrogens with one attached hydrogen (secondary N) is 2. The van der Waals surface area contributed by atoms with Crippen molar-refractivity contribution < 1.29 is 37.0 Å². The van der Waals surface area contributed by atoms with Gasteiger partial charge in [0.25, 0.3) is 11.8 Å². The maximum atomic E-state index is 12.3. The number of thioether (sulfide) groups is 1. The van der Waals surface area contributed by atoms with E-state index < -0.39 is 17.3 Å². The van der Waals surface area contributed by atoms with E-state index in [1.807, 2.05) is 0 Å². The molecule has 0 spiro atoms. The van der Waals surface area contributed by atoms with Crippen molar-refractivity contribution in [3.63, 3.8) is 0 Å². The van der Waals surface area contributed by atoms with Crippen molar-refractivity contribution in [2.75, 3.05) is 21.3 Å². The molecule has 156 valence electrons. The molecule has 0 aliphatic rings. The molecule has 0 atom stereocenters. The number of benzene rings is 2. The second-order valence-electron chi connectivity index (χ2n) is 5.39. The van der Waals surface area contributed by atoms with E-state index in [9.17, 15) is 22.8 Å². The lowest BCUT2D eigenvalue weighted by Crippen LogP contribution is -2.41. The Hall–Kier alpha value is -3.08. The predicted molar refractivity (Wildman–Crippen MR) is 99.4 cm³/mol. The Morgan fingerprint density at radius 1 is 0.828 bits per heavy atom. The van der Waals surface area contributed by atoms with Gasteiger partial charge in [-0.15, -0.1) is 0 Å². The minimum atomic E-state index is -4.42. The molecule has 0 unspecified atom stereocenters. The summed E-state index contributed by atoms with van der Waals surface area (Å²) in [6, 6.07) is 7.55. The number of amides is 2. The third-order valence-corrected chi connectivity index (χ3v) is 4.31. The maximum Gasteiger partial charge on any atom is 0.446 e. The van der Waals surface area contributed by atoms with E-state index in [0.29, 0.717) is 5.75 Å². The highest BCUT2D eigenvalue weighted by Crippen LogP contribution is 2.38. The smallest absolute Gasteiger partial charge is 0.446 e. The van der Waals surface area contributed by atoms with Gasteiger partial charge in [0.2, 0.25) is 5.75 Å². The minimum absolute atomic E-state index is 0.0597. The fraction of sp³-hybridized carbons (Fsp3) is 0.222. The summed E-state index contributed by atoms with van der Waals surface area (Å²) < 4.78 is 52.5. The Morgan fingerprint density at radius 3 is 1.72 bits per heavy atom. The lowest BCUT2D eigenvalue weighted by atomic mass is 10.1. The van der Waals surface area contributed by atoms with E-state index in [-0.39, 0.29) is 39.3 Å². The highest BCUT2D eigenvalue weighted by molar-refractivity contribution is 8.00. The third-order valence-electron chi connectivity index (χ3n) is 3.57. The number of alkyl halides is 3. The van der Waals surface area contributed by atoms with Gasteiger partial charge in [-0.3, -0.25) is 20.4 Å². The monoisotopic (exact) mass is 430 g/mol. The minimum Gasteiger partial charge on any atom is -0.493 e. The lowest BCUT2D eigenvalue weighted by molar-refractivity contribution is -0.0328. The zero-order valence-electron chi connectivity index (χ0n) is 15.5. The summed E-state index contributed by atoms with van der Waals surface area (Å²) in [6.45, 7) is 0. The maximum absolute atomic E-state index is 12.3. The summed E-state index contributed by atoms with van der Waals surface area (Å²) in [6.07, 6.45) is 0. The summed E-state index contributed by atoms with van der Waals surface area (Å²) in [5.41, 5.74) is 0.177. The number of halogens is 3. The standard InChI is InChI=1S/C18H17F3N2O5S/c1-26-13-8-11(9-14(27-2)15(13)28-3)17(25)23-22-16(24)10-4-6-12(7-5-10)29-18(19,20)21/h4-9H,1-3H3,(H,22,24)(H,23,25). The van der Waals surface area contributed by atoms with Gasteiger partial charge in [0.15, 0.2) is 11.5 Å². The van der Waals surface area contributed by atoms with Crippen LogP contribution in [0.2, 0.25) is 0 Å². The van der Waals surface area contributed by atoms with Crippen LogP contribution in [-0.4, -0.2) is 38.7 Å². The zero-order chi connectivity index (χ0) is 21.6. The molecule has 2 amide bonds. The fourth-order valence-electron chi connectivity index (χ4n) is 2.28. The van der Waals surface area contributed by atoms with Crippen LogP contribution in [0.3, 0.4) is 0 Å². The number of rotatable bonds is 6. The van der Waals surface area contributed by atoms with Gasteiger partial charge in [0.1, 0.15) is 0 Å². The molecule has 0 saturated heterocycles. The predicted octanol–water partition coefficient (Wildman–Crippen LogP) is 3.40. The van der Waals surface area contributed by atoms with Crippen LogP contribution in [0.25, 0.3) is 0 Å². The van der Waals surface area contributed by atoms with Gasteiger partial charge in [-0.05, 0) is 48.2 Å². The van der Waals surface area contributed by atoms with Crippen molar-refractivity contribution in [2.24, 2.45) is 0 Å². The first-order valence-electron chi connectivity index (χ1n) is 7.95. The molecule has 0 fully saturated rings. The molecule has 0 bridgehead atoms. The summed E-state index contributed by atoms with van der Waals surface area (Å²) in [5, 5.41) is 0. The number of carbonyl (C=O) groups excluding carboxylic acids is 2.